The van der Waals surface area contributed by atoms with Crippen molar-refractivity contribution in [1.29, 1.82) is 0 Å². The maximum atomic E-state index is 13.9. The van der Waals surface area contributed by atoms with Crippen molar-refractivity contribution in [3.05, 3.63) is 84.4 Å². The fourth-order valence-electron chi connectivity index (χ4n) is 5.30. The van der Waals surface area contributed by atoms with Gasteiger partial charge in [0.2, 0.25) is 5.91 Å². The Morgan fingerprint density at radius 3 is 2.47 bits per heavy atom. The van der Waals surface area contributed by atoms with E-state index in [-0.39, 0.29) is 29.9 Å². The monoisotopic (exact) mass is 405 g/mol. The summed E-state index contributed by atoms with van der Waals surface area (Å²) in [5.41, 5.74) is 1.64. The molecule has 0 aliphatic carbocycles. The van der Waals surface area contributed by atoms with Crippen LogP contribution in [0.3, 0.4) is 0 Å². The van der Waals surface area contributed by atoms with E-state index in [4.69, 9.17) is 9.47 Å². The van der Waals surface area contributed by atoms with Crippen LogP contribution in [-0.4, -0.2) is 36.3 Å². The van der Waals surface area contributed by atoms with E-state index in [0.29, 0.717) is 6.61 Å². The first-order valence-corrected chi connectivity index (χ1v) is 10.8. The van der Waals surface area contributed by atoms with Gasteiger partial charge in [0.05, 0.1) is 12.6 Å². The van der Waals surface area contributed by atoms with Gasteiger partial charge in [0.1, 0.15) is 11.8 Å². The summed E-state index contributed by atoms with van der Waals surface area (Å²) in [6.45, 7) is 6.46. The Kier molecular flexibility index (Phi) is 6.07. The Bertz CT molecular complexity index is 868. The predicted octanol–water partition coefficient (Wildman–Crippen LogP) is 4.77. The van der Waals surface area contributed by atoms with Crippen LogP contribution in [0.15, 0.2) is 73.3 Å². The second-order valence-corrected chi connectivity index (χ2v) is 8.64. The number of fused-ring (bicyclic) bond motifs is 1. The van der Waals surface area contributed by atoms with Crippen LogP contribution in [0.2, 0.25) is 0 Å². The quantitative estimate of drug-likeness (QED) is 0.623. The van der Waals surface area contributed by atoms with Gasteiger partial charge in [0.25, 0.3) is 0 Å². The summed E-state index contributed by atoms with van der Waals surface area (Å²) >= 11 is 0. The molecule has 0 unspecified atom stereocenters. The second kappa shape index (κ2) is 8.75. The lowest BCUT2D eigenvalue weighted by molar-refractivity contribution is -0.174. The first-order chi connectivity index (χ1) is 14.6. The molecular weight excluding hydrogens is 374 g/mol. The first kappa shape index (κ1) is 20.8. The Labute approximate surface area is 179 Å². The Hall–Kier alpha value is -2.43. The molecule has 2 aromatic rings. The number of nitrogens with zero attached hydrogens (tertiary/aromatic N) is 1. The van der Waals surface area contributed by atoms with E-state index in [0.717, 1.165) is 24.8 Å². The molecule has 1 amide bonds. The number of piperidine rings is 1. The highest BCUT2D eigenvalue weighted by atomic mass is 16.6. The second-order valence-electron chi connectivity index (χ2n) is 8.64. The summed E-state index contributed by atoms with van der Waals surface area (Å²) in [5, 5.41) is 0. The van der Waals surface area contributed by atoms with Crippen LogP contribution in [0.4, 0.5) is 0 Å². The van der Waals surface area contributed by atoms with Gasteiger partial charge in [0, 0.05) is 13.0 Å². The van der Waals surface area contributed by atoms with Crippen LogP contribution < -0.4 is 0 Å². The molecule has 2 aromatic carbocycles. The van der Waals surface area contributed by atoms with Crippen LogP contribution in [0.25, 0.3) is 0 Å². The molecule has 0 spiro atoms. The standard InChI is InChI=1S/C26H31NO3/c1-4-11-21-17-26(2)27(25(28)22(21)16-19-12-7-5-8-13-19)23(18-29-3)24(30-26)20-14-9-6-10-15-20/h4-10,12-15,21-24H,1,11,16-18H2,2-3H3/t21-,22+,23-,24-,26+/m0/s1. The molecule has 2 saturated heterocycles. The SMILES string of the molecule is C=CC[C@H]1C[C@@]2(C)O[C@@H](c3ccccc3)[C@H](COC)N2C(=O)[C@@H]1Cc1ccccc1. The fourth-order valence-corrected chi connectivity index (χ4v) is 5.30. The van der Waals surface area contributed by atoms with Crippen molar-refractivity contribution < 1.29 is 14.3 Å². The minimum Gasteiger partial charge on any atom is -0.382 e. The van der Waals surface area contributed by atoms with Gasteiger partial charge in [-0.2, -0.15) is 0 Å². The lowest BCUT2D eigenvalue weighted by Gasteiger charge is -2.47. The van der Waals surface area contributed by atoms with Crippen LogP contribution >= 0.6 is 0 Å². The van der Waals surface area contributed by atoms with Gasteiger partial charge >= 0.3 is 0 Å². The van der Waals surface area contributed by atoms with Gasteiger partial charge < -0.3 is 14.4 Å². The Morgan fingerprint density at radius 1 is 1.17 bits per heavy atom. The molecule has 2 heterocycles. The van der Waals surface area contributed by atoms with E-state index < -0.39 is 5.72 Å². The predicted molar refractivity (Wildman–Crippen MR) is 118 cm³/mol. The molecule has 0 N–H and O–H groups in total. The number of methoxy groups -OCH3 is 1. The number of carbonyl (C=O) groups is 1. The molecule has 4 rings (SSSR count). The summed E-state index contributed by atoms with van der Waals surface area (Å²) in [7, 11) is 1.69. The van der Waals surface area contributed by atoms with Crippen LogP contribution in [-0.2, 0) is 20.7 Å². The molecule has 4 nitrogen and oxygen atoms in total. The molecule has 0 radical (unpaired) electrons. The minimum atomic E-state index is -0.637. The summed E-state index contributed by atoms with van der Waals surface area (Å²) in [5.74, 6) is 0.282. The summed E-state index contributed by atoms with van der Waals surface area (Å²) < 4.78 is 12.2. The third kappa shape index (κ3) is 3.82. The van der Waals surface area contributed by atoms with Gasteiger partial charge in [0.15, 0.2) is 0 Å². The van der Waals surface area contributed by atoms with Crippen molar-refractivity contribution in [3.63, 3.8) is 0 Å². The lowest BCUT2D eigenvalue weighted by atomic mass is 9.75. The largest absolute Gasteiger partial charge is 0.382 e. The number of rotatable bonds is 7. The molecule has 158 valence electrons. The van der Waals surface area contributed by atoms with E-state index in [1.165, 1.54) is 5.56 Å². The van der Waals surface area contributed by atoms with Crippen LogP contribution in [0.1, 0.15) is 37.0 Å². The molecule has 5 atom stereocenters. The van der Waals surface area contributed by atoms with Gasteiger partial charge in [-0.05, 0) is 43.2 Å². The van der Waals surface area contributed by atoms with Crippen LogP contribution in [0.5, 0.6) is 0 Å². The molecule has 0 saturated carbocycles. The maximum Gasteiger partial charge on any atom is 0.228 e. The number of hydrogen-bond acceptors (Lipinski definition) is 3. The number of allylic oxidation sites excluding steroid dienone is 1. The van der Waals surface area contributed by atoms with Gasteiger partial charge in [-0.25, -0.2) is 0 Å². The highest BCUT2D eigenvalue weighted by Gasteiger charge is 2.58. The zero-order chi connectivity index (χ0) is 21.1. The van der Waals surface area contributed by atoms with Crippen molar-refractivity contribution >= 4 is 5.91 Å². The maximum absolute atomic E-state index is 13.9. The summed E-state index contributed by atoms with van der Waals surface area (Å²) in [4.78, 5) is 15.9. The molecule has 2 aliphatic heterocycles. The highest BCUT2D eigenvalue weighted by Crippen LogP contribution is 2.50. The Morgan fingerprint density at radius 2 is 1.83 bits per heavy atom. The summed E-state index contributed by atoms with van der Waals surface area (Å²) in [6, 6.07) is 20.3. The average Bonchev–Trinajstić information content (AvgIpc) is 3.05. The number of hydrogen-bond donors (Lipinski definition) is 0. The van der Waals surface area contributed by atoms with Gasteiger partial charge in [-0.1, -0.05) is 66.7 Å². The molecule has 4 heteroatoms. The average molecular weight is 406 g/mol. The molecule has 0 aromatic heterocycles. The normalized spacial score (nSPS) is 30.9. The number of benzene rings is 2. The minimum absolute atomic E-state index is 0.0871. The molecule has 2 aliphatic rings. The molecule has 0 bridgehead atoms. The smallest absolute Gasteiger partial charge is 0.228 e. The highest BCUT2D eigenvalue weighted by molar-refractivity contribution is 5.82. The van der Waals surface area contributed by atoms with E-state index in [9.17, 15) is 4.79 Å². The first-order valence-electron chi connectivity index (χ1n) is 10.8. The van der Waals surface area contributed by atoms with Crippen molar-refractivity contribution in [2.45, 2.75) is 44.1 Å². The van der Waals surface area contributed by atoms with E-state index >= 15 is 0 Å². The van der Waals surface area contributed by atoms with Crippen molar-refractivity contribution in [1.82, 2.24) is 4.90 Å². The van der Waals surface area contributed by atoms with E-state index in [1.807, 2.05) is 47.4 Å². The number of carbonyl (C=O) groups excluding carboxylic acids is 1. The zero-order valence-electron chi connectivity index (χ0n) is 17.9. The van der Waals surface area contributed by atoms with Gasteiger partial charge in [-0.15, -0.1) is 6.58 Å². The topological polar surface area (TPSA) is 38.8 Å². The Balaban J connectivity index is 1.69. The molecule has 2 fully saturated rings. The molecular formula is C26H31NO3. The molecule has 30 heavy (non-hydrogen) atoms. The number of ether oxygens (including phenoxy) is 2. The third-order valence-electron chi connectivity index (χ3n) is 6.57. The van der Waals surface area contributed by atoms with Crippen molar-refractivity contribution in [2.75, 3.05) is 13.7 Å². The zero-order valence-corrected chi connectivity index (χ0v) is 17.9. The third-order valence-corrected chi connectivity index (χ3v) is 6.57. The lowest BCUT2D eigenvalue weighted by Crippen LogP contribution is -2.59. The number of amides is 1. The van der Waals surface area contributed by atoms with Crippen molar-refractivity contribution in [3.8, 4) is 0 Å². The van der Waals surface area contributed by atoms with E-state index in [1.54, 1.807) is 7.11 Å². The van der Waals surface area contributed by atoms with Crippen molar-refractivity contribution in [2.24, 2.45) is 11.8 Å². The van der Waals surface area contributed by atoms with Gasteiger partial charge in [-0.3, -0.25) is 4.79 Å². The van der Waals surface area contributed by atoms with E-state index in [2.05, 4.69) is 37.8 Å². The summed E-state index contributed by atoms with van der Waals surface area (Å²) in [6.07, 6.45) is 4.08. The van der Waals surface area contributed by atoms with Crippen LogP contribution in [0, 0.1) is 11.8 Å². The fraction of sp³-hybridized carbons (Fsp3) is 0.423.